The predicted molar refractivity (Wildman–Crippen MR) is 97.3 cm³/mol. The monoisotopic (exact) mass is 404 g/mol. The fraction of sp³-hybridized carbons (Fsp3) is 0.0556. The van der Waals surface area contributed by atoms with Gasteiger partial charge in [0.15, 0.2) is 5.00 Å². The second-order valence-electron chi connectivity index (χ2n) is 5.51. The largest absolute Gasteiger partial charge is 0.418 e. The van der Waals surface area contributed by atoms with Crippen LogP contribution in [0.15, 0.2) is 36.4 Å². The van der Waals surface area contributed by atoms with Crippen molar-refractivity contribution in [3.05, 3.63) is 64.4 Å². The van der Waals surface area contributed by atoms with E-state index in [1.54, 1.807) is 13.0 Å². The summed E-state index contributed by atoms with van der Waals surface area (Å²) in [5.41, 5.74) is 0.153. The van der Waals surface area contributed by atoms with Crippen LogP contribution in [0, 0.1) is 35.7 Å². The molecule has 1 aromatic heterocycles. The highest BCUT2D eigenvalue weighted by atomic mass is 32.1. The number of amides is 1. The van der Waals surface area contributed by atoms with Gasteiger partial charge in [-0.05, 0) is 37.3 Å². The molecule has 1 heterocycles. The number of nitrogens with one attached hydrogen (secondary N) is 2. The van der Waals surface area contributed by atoms with Crippen LogP contribution in [-0.2, 0) is 0 Å². The van der Waals surface area contributed by atoms with Crippen LogP contribution in [0.25, 0.3) is 0 Å². The zero-order chi connectivity index (χ0) is 20.3. The number of carbonyl (C=O) groups is 1. The van der Waals surface area contributed by atoms with Crippen molar-refractivity contribution in [3.63, 3.8) is 0 Å². The summed E-state index contributed by atoms with van der Waals surface area (Å²) in [5.74, 6) is -2.37. The summed E-state index contributed by atoms with van der Waals surface area (Å²) in [6.07, 6.45) is -0.978. The molecule has 3 aromatic rings. The fourth-order valence-electron chi connectivity index (χ4n) is 2.27. The number of benzene rings is 2. The van der Waals surface area contributed by atoms with Crippen LogP contribution in [-0.4, -0.2) is 11.1 Å². The Morgan fingerprint density at radius 3 is 2.39 bits per heavy atom. The second-order valence-corrected chi connectivity index (χ2v) is 6.71. The number of aromatic nitrogens is 1. The number of nitriles is 1. The molecule has 6 nitrogen and oxygen atoms in total. The molecule has 0 saturated carbocycles. The lowest BCUT2D eigenvalue weighted by Gasteiger charge is -2.08. The first kappa shape index (κ1) is 19.2. The smallest absolute Gasteiger partial charge is 0.388 e. The van der Waals surface area contributed by atoms with Crippen LogP contribution >= 0.6 is 11.3 Å². The summed E-state index contributed by atoms with van der Waals surface area (Å²) >= 11 is 1.10. The van der Waals surface area contributed by atoms with Gasteiger partial charge in [0.1, 0.15) is 17.5 Å². The Morgan fingerprint density at radius 2 is 1.71 bits per heavy atom. The zero-order valence-electron chi connectivity index (χ0n) is 14.2. The van der Waals surface area contributed by atoms with E-state index in [9.17, 15) is 18.0 Å². The molecule has 0 aliphatic heterocycles. The lowest BCUT2D eigenvalue weighted by molar-refractivity contribution is 0.214. The van der Waals surface area contributed by atoms with Crippen LogP contribution in [0.2, 0.25) is 0 Å². The van der Waals surface area contributed by atoms with Gasteiger partial charge in [-0.2, -0.15) is 5.26 Å². The van der Waals surface area contributed by atoms with Gasteiger partial charge in [0.2, 0.25) is 0 Å². The first-order valence-electron chi connectivity index (χ1n) is 7.72. The fourth-order valence-corrected chi connectivity index (χ4v) is 3.04. The van der Waals surface area contributed by atoms with Gasteiger partial charge in [-0.25, -0.2) is 22.9 Å². The summed E-state index contributed by atoms with van der Waals surface area (Å²) in [4.78, 5) is 16.1. The highest BCUT2D eigenvalue weighted by Crippen LogP contribution is 2.34. The summed E-state index contributed by atoms with van der Waals surface area (Å²) in [6, 6.07) is 7.93. The molecule has 0 saturated heterocycles. The number of anilines is 3. The van der Waals surface area contributed by atoms with Crippen molar-refractivity contribution in [1.29, 1.82) is 5.26 Å². The molecule has 0 atom stereocenters. The summed E-state index contributed by atoms with van der Waals surface area (Å²) < 4.78 is 45.2. The van der Waals surface area contributed by atoms with Crippen LogP contribution in [0.3, 0.4) is 0 Å². The van der Waals surface area contributed by atoms with Crippen molar-refractivity contribution >= 4 is 33.8 Å². The van der Waals surface area contributed by atoms with Crippen molar-refractivity contribution < 1.29 is 22.7 Å². The second kappa shape index (κ2) is 7.98. The van der Waals surface area contributed by atoms with E-state index in [1.807, 2.05) is 0 Å². The van der Waals surface area contributed by atoms with Crippen molar-refractivity contribution in [2.24, 2.45) is 0 Å². The van der Waals surface area contributed by atoms with E-state index in [4.69, 9.17) is 10.00 Å². The Kier molecular flexibility index (Phi) is 5.47. The molecule has 2 aromatic carbocycles. The summed E-state index contributed by atoms with van der Waals surface area (Å²) in [6.45, 7) is 1.65. The van der Waals surface area contributed by atoms with Gasteiger partial charge in [-0.15, -0.1) is 0 Å². The number of halogens is 3. The van der Waals surface area contributed by atoms with Gasteiger partial charge in [0.05, 0.1) is 16.6 Å². The van der Waals surface area contributed by atoms with Crippen LogP contribution in [0.4, 0.5) is 34.3 Å². The number of aryl methyl sites for hydroxylation is 1. The molecule has 0 bridgehead atoms. The number of ether oxygens (including phenoxy) is 1. The summed E-state index contributed by atoms with van der Waals surface area (Å²) in [5, 5.41) is 14.6. The number of hydrogen-bond acceptors (Lipinski definition) is 6. The molecule has 3 rings (SSSR count). The third kappa shape index (κ3) is 4.77. The number of rotatable bonds is 4. The number of carbonyl (C=O) groups excluding carboxylic acids is 1. The molecule has 0 spiro atoms. The average Bonchev–Trinajstić information content (AvgIpc) is 2.92. The highest BCUT2D eigenvalue weighted by molar-refractivity contribution is 7.16. The lowest BCUT2D eigenvalue weighted by atomic mass is 10.2. The maximum atomic E-state index is 13.4. The van der Waals surface area contributed by atoms with E-state index in [0.717, 1.165) is 41.7 Å². The van der Waals surface area contributed by atoms with E-state index in [0.29, 0.717) is 5.01 Å². The molecule has 1 amide bonds. The third-order valence-corrected chi connectivity index (χ3v) is 4.15. The molecule has 10 heteroatoms. The first-order chi connectivity index (χ1) is 13.3. The quantitative estimate of drug-likeness (QED) is 0.632. The zero-order valence-corrected chi connectivity index (χ0v) is 15.0. The van der Waals surface area contributed by atoms with Crippen molar-refractivity contribution in [2.45, 2.75) is 6.92 Å². The van der Waals surface area contributed by atoms with E-state index in [2.05, 4.69) is 15.6 Å². The summed E-state index contributed by atoms with van der Waals surface area (Å²) in [7, 11) is 0. The van der Waals surface area contributed by atoms with E-state index in [-0.39, 0.29) is 27.8 Å². The SMILES string of the molecule is Cc1nc(OC(=O)Nc2cc(F)cc(C#N)c2)c(Nc2cc(F)cc(F)c2)s1. The van der Waals surface area contributed by atoms with E-state index < -0.39 is 23.5 Å². The predicted octanol–water partition coefficient (Wildman–Crippen LogP) is 5.10. The maximum absolute atomic E-state index is 13.4. The van der Waals surface area contributed by atoms with Gasteiger partial charge in [0.25, 0.3) is 5.88 Å². The van der Waals surface area contributed by atoms with E-state index >= 15 is 0 Å². The Labute approximate surface area is 161 Å². The van der Waals surface area contributed by atoms with Crippen LogP contribution in [0.1, 0.15) is 10.6 Å². The highest BCUT2D eigenvalue weighted by Gasteiger charge is 2.16. The van der Waals surface area contributed by atoms with Gasteiger partial charge < -0.3 is 10.1 Å². The molecule has 0 aliphatic rings. The van der Waals surface area contributed by atoms with Crippen molar-refractivity contribution in [2.75, 3.05) is 10.6 Å². The van der Waals surface area contributed by atoms with Gasteiger partial charge in [0, 0.05) is 17.4 Å². The van der Waals surface area contributed by atoms with Gasteiger partial charge >= 0.3 is 6.09 Å². The van der Waals surface area contributed by atoms with Crippen LogP contribution < -0.4 is 15.4 Å². The lowest BCUT2D eigenvalue weighted by Crippen LogP contribution is -2.17. The maximum Gasteiger partial charge on any atom is 0.418 e. The molecule has 0 fully saturated rings. The number of nitrogens with zero attached hydrogens (tertiary/aromatic N) is 2. The average molecular weight is 404 g/mol. The molecular weight excluding hydrogens is 393 g/mol. The van der Waals surface area contributed by atoms with Gasteiger partial charge in [-0.1, -0.05) is 11.3 Å². The van der Waals surface area contributed by atoms with Crippen molar-refractivity contribution in [3.8, 4) is 11.9 Å². The Bertz CT molecular complexity index is 1070. The molecule has 2 N–H and O–H groups in total. The Hall–Kier alpha value is -3.58. The Balaban J connectivity index is 1.77. The van der Waals surface area contributed by atoms with Crippen LogP contribution in [0.5, 0.6) is 5.88 Å². The Morgan fingerprint density at radius 1 is 1.07 bits per heavy atom. The molecule has 28 heavy (non-hydrogen) atoms. The molecule has 0 aliphatic carbocycles. The number of thiazole rings is 1. The standard InChI is InChI=1S/C18H11F3N4O2S/c1-9-23-16(17(28-9)24-15-6-12(20)4-13(21)7-15)27-18(26)25-14-3-10(8-22)2-11(19)5-14/h2-7,24H,1H3,(H,25,26). The van der Waals surface area contributed by atoms with E-state index in [1.165, 1.54) is 6.07 Å². The van der Waals surface area contributed by atoms with Gasteiger partial charge in [-0.3, -0.25) is 5.32 Å². The first-order valence-corrected chi connectivity index (χ1v) is 8.54. The third-order valence-electron chi connectivity index (χ3n) is 3.29. The molecule has 0 unspecified atom stereocenters. The molecule has 0 radical (unpaired) electrons. The molecular formula is C18H11F3N4O2S. The normalized spacial score (nSPS) is 10.2. The minimum atomic E-state index is -0.978. The minimum absolute atomic E-state index is 0.0233. The topological polar surface area (TPSA) is 87.0 Å². The number of hydrogen-bond donors (Lipinski definition) is 2. The molecule has 142 valence electrons. The van der Waals surface area contributed by atoms with Crippen molar-refractivity contribution in [1.82, 2.24) is 4.98 Å². The minimum Gasteiger partial charge on any atom is -0.388 e.